The summed E-state index contributed by atoms with van der Waals surface area (Å²) in [5, 5.41) is 4.88. The van der Waals surface area contributed by atoms with Crippen molar-refractivity contribution in [2.75, 3.05) is 13.6 Å². The molecule has 1 aromatic heterocycles. The van der Waals surface area contributed by atoms with Crippen LogP contribution in [0.15, 0.2) is 31.0 Å². The average Bonchev–Trinajstić information content (AvgIpc) is 3.47. The van der Waals surface area contributed by atoms with Crippen molar-refractivity contribution in [3.8, 4) is 0 Å². The summed E-state index contributed by atoms with van der Waals surface area (Å²) in [4.78, 5) is 29.0. The third kappa shape index (κ3) is 5.51. The van der Waals surface area contributed by atoms with Crippen LogP contribution in [0.3, 0.4) is 0 Å². The van der Waals surface area contributed by atoms with Crippen LogP contribution in [0.5, 0.6) is 0 Å². The molecule has 5 nitrogen and oxygen atoms in total. The first-order chi connectivity index (χ1) is 16.8. The predicted molar refractivity (Wildman–Crippen MR) is 145 cm³/mol. The topological polar surface area (TPSA) is 54.3 Å². The fraction of sp³-hybridized carbons (Fsp3) is 0.586. The van der Waals surface area contributed by atoms with Crippen LogP contribution in [0.2, 0.25) is 5.02 Å². The Kier molecular flexibility index (Phi) is 8.38. The third-order valence-electron chi connectivity index (χ3n) is 8.25. The van der Waals surface area contributed by atoms with E-state index in [1.807, 2.05) is 33.0 Å². The van der Waals surface area contributed by atoms with Crippen LogP contribution in [-0.4, -0.2) is 46.8 Å². The molecule has 1 aliphatic carbocycles. The van der Waals surface area contributed by atoms with Gasteiger partial charge < -0.3 is 14.8 Å². The van der Waals surface area contributed by atoms with E-state index < -0.39 is 0 Å². The highest BCUT2D eigenvalue weighted by molar-refractivity contribution is 6.35. The minimum absolute atomic E-state index is 0.107. The van der Waals surface area contributed by atoms with Gasteiger partial charge in [0.25, 0.3) is 0 Å². The van der Waals surface area contributed by atoms with Crippen LogP contribution in [0.4, 0.5) is 0 Å². The molecule has 2 aliphatic rings. The van der Waals surface area contributed by atoms with Gasteiger partial charge in [-0.1, -0.05) is 49.6 Å². The highest BCUT2D eigenvalue weighted by atomic mass is 35.5. The Morgan fingerprint density at radius 3 is 2.60 bits per heavy atom. The van der Waals surface area contributed by atoms with Crippen LogP contribution in [0, 0.1) is 11.8 Å². The van der Waals surface area contributed by atoms with Crippen molar-refractivity contribution < 1.29 is 9.59 Å². The van der Waals surface area contributed by atoms with Gasteiger partial charge >= 0.3 is 0 Å². The Labute approximate surface area is 214 Å². The van der Waals surface area contributed by atoms with E-state index in [2.05, 4.69) is 33.6 Å². The maximum atomic E-state index is 14.0. The standard InChI is InChI=1S/C29H40ClN3O2/c1-19(2)25-18-32(28-23(25)13-8-14-26(28)30)17-22-12-9-15-33(22)29(35)24(16-27(34)20(3)31-4)21-10-6-5-7-11-21/h8,13-14,18,20-22,24,31H,1,5-7,9-12,15-17H2,2-4H3. The van der Waals surface area contributed by atoms with Crippen molar-refractivity contribution in [3.63, 3.8) is 0 Å². The molecule has 6 heteroatoms. The second-order valence-corrected chi connectivity index (χ2v) is 11.0. The second-order valence-electron chi connectivity index (χ2n) is 10.6. The largest absolute Gasteiger partial charge is 0.344 e. The van der Waals surface area contributed by atoms with E-state index in [-0.39, 0.29) is 29.7 Å². The molecule has 2 fully saturated rings. The van der Waals surface area contributed by atoms with Crippen molar-refractivity contribution in [3.05, 3.63) is 41.6 Å². The number of halogens is 1. The van der Waals surface area contributed by atoms with Crippen LogP contribution >= 0.6 is 11.6 Å². The molecule has 0 radical (unpaired) electrons. The molecule has 1 aliphatic heterocycles. The van der Waals surface area contributed by atoms with Gasteiger partial charge in [0.1, 0.15) is 5.78 Å². The van der Waals surface area contributed by atoms with Crippen LogP contribution in [-0.2, 0) is 16.1 Å². The lowest BCUT2D eigenvalue weighted by Gasteiger charge is -2.35. The molecule has 3 atom stereocenters. The number of nitrogens with zero attached hydrogens (tertiary/aromatic N) is 2. The molecule has 1 aromatic carbocycles. The predicted octanol–water partition coefficient (Wildman–Crippen LogP) is 6.08. The first kappa shape index (κ1) is 26.0. The van der Waals surface area contributed by atoms with E-state index in [0.29, 0.717) is 18.9 Å². The fourth-order valence-corrected chi connectivity index (χ4v) is 6.38. The summed E-state index contributed by atoms with van der Waals surface area (Å²) in [6.07, 6.45) is 10.1. The summed E-state index contributed by atoms with van der Waals surface area (Å²) in [7, 11) is 1.81. The number of benzene rings is 1. The number of rotatable bonds is 9. The SMILES string of the molecule is C=C(C)c1cn(CC2CCCN2C(=O)C(CC(=O)C(C)NC)C2CCCCC2)c2c(Cl)cccc12. The summed E-state index contributed by atoms with van der Waals surface area (Å²) in [5.41, 5.74) is 3.11. The van der Waals surface area contributed by atoms with Gasteiger partial charge in [0.05, 0.1) is 16.6 Å². The number of Topliss-reactive ketones (excluding diaryl/α,β-unsaturated/α-hetero) is 1. The number of aromatic nitrogens is 1. The minimum atomic E-state index is -0.225. The molecular weight excluding hydrogens is 458 g/mol. The first-order valence-corrected chi connectivity index (χ1v) is 13.6. The lowest BCUT2D eigenvalue weighted by atomic mass is 9.76. The van der Waals surface area contributed by atoms with E-state index in [4.69, 9.17) is 11.6 Å². The number of para-hydroxylation sites is 1. The van der Waals surface area contributed by atoms with Gasteiger partial charge in [0.2, 0.25) is 5.91 Å². The Morgan fingerprint density at radius 2 is 1.91 bits per heavy atom. The molecule has 190 valence electrons. The Bertz CT molecular complexity index is 1090. The zero-order valence-electron chi connectivity index (χ0n) is 21.5. The molecule has 35 heavy (non-hydrogen) atoms. The lowest BCUT2D eigenvalue weighted by molar-refractivity contribution is -0.141. The maximum absolute atomic E-state index is 14.0. The Hall–Kier alpha value is -2.11. The van der Waals surface area contributed by atoms with Gasteiger partial charge in [-0.15, -0.1) is 0 Å². The van der Waals surface area contributed by atoms with Crippen LogP contribution in [0.25, 0.3) is 16.5 Å². The summed E-state index contributed by atoms with van der Waals surface area (Å²) in [6.45, 7) is 9.54. The first-order valence-electron chi connectivity index (χ1n) is 13.3. The number of nitrogens with one attached hydrogen (secondary N) is 1. The van der Waals surface area contributed by atoms with Crippen LogP contribution < -0.4 is 5.32 Å². The van der Waals surface area contributed by atoms with Crippen molar-refractivity contribution in [2.24, 2.45) is 11.8 Å². The van der Waals surface area contributed by atoms with Gasteiger partial charge in [-0.05, 0) is 64.1 Å². The molecule has 0 spiro atoms. The zero-order valence-corrected chi connectivity index (χ0v) is 22.2. The van der Waals surface area contributed by atoms with Gasteiger partial charge in [0, 0.05) is 48.6 Å². The molecule has 2 heterocycles. The van der Waals surface area contributed by atoms with E-state index in [0.717, 1.165) is 72.1 Å². The van der Waals surface area contributed by atoms with E-state index >= 15 is 0 Å². The normalized spacial score (nSPS) is 20.8. The summed E-state index contributed by atoms with van der Waals surface area (Å²) >= 11 is 6.64. The molecule has 1 N–H and O–H groups in total. The summed E-state index contributed by atoms with van der Waals surface area (Å²) < 4.78 is 2.21. The van der Waals surface area contributed by atoms with Crippen molar-refractivity contribution in [2.45, 2.75) is 83.8 Å². The molecule has 0 bridgehead atoms. The number of ketones is 1. The molecule has 3 unspecified atom stereocenters. The molecule has 1 amide bonds. The number of likely N-dealkylation sites (tertiary alicyclic amines) is 1. The number of allylic oxidation sites excluding steroid dienone is 1. The number of fused-ring (bicyclic) bond motifs is 1. The summed E-state index contributed by atoms with van der Waals surface area (Å²) in [6, 6.07) is 5.87. The molecule has 1 saturated heterocycles. The molecular formula is C29H40ClN3O2. The van der Waals surface area contributed by atoms with Gasteiger partial charge in [-0.3, -0.25) is 9.59 Å². The smallest absolute Gasteiger partial charge is 0.226 e. The number of hydrogen-bond acceptors (Lipinski definition) is 3. The highest BCUT2D eigenvalue weighted by Gasteiger charge is 2.39. The van der Waals surface area contributed by atoms with E-state index in [1.54, 1.807) is 0 Å². The number of hydrogen-bond donors (Lipinski definition) is 1. The quantitative estimate of drug-likeness (QED) is 0.456. The number of amides is 1. The molecule has 2 aromatic rings. The Morgan fingerprint density at radius 1 is 1.17 bits per heavy atom. The third-order valence-corrected chi connectivity index (χ3v) is 8.55. The average molecular weight is 498 g/mol. The van der Waals surface area contributed by atoms with Gasteiger partial charge in [-0.25, -0.2) is 0 Å². The monoisotopic (exact) mass is 497 g/mol. The summed E-state index contributed by atoms with van der Waals surface area (Å²) in [5.74, 6) is 0.415. The van der Waals surface area contributed by atoms with Gasteiger partial charge in [0.15, 0.2) is 0 Å². The van der Waals surface area contributed by atoms with E-state index in [9.17, 15) is 9.59 Å². The van der Waals surface area contributed by atoms with Crippen molar-refractivity contribution in [1.82, 2.24) is 14.8 Å². The number of likely N-dealkylation sites (N-methyl/N-ethyl adjacent to an activating group) is 1. The van der Waals surface area contributed by atoms with Crippen LogP contribution in [0.1, 0.15) is 70.8 Å². The minimum Gasteiger partial charge on any atom is -0.344 e. The molecule has 4 rings (SSSR count). The molecule has 1 saturated carbocycles. The second kappa shape index (κ2) is 11.3. The number of carbonyl (C=O) groups is 2. The van der Waals surface area contributed by atoms with Gasteiger partial charge in [-0.2, -0.15) is 0 Å². The highest BCUT2D eigenvalue weighted by Crippen LogP contribution is 2.36. The maximum Gasteiger partial charge on any atom is 0.226 e. The van der Waals surface area contributed by atoms with Crippen molar-refractivity contribution in [1.29, 1.82) is 0 Å². The lowest BCUT2D eigenvalue weighted by Crippen LogP contribution is -2.45. The fourth-order valence-electron chi connectivity index (χ4n) is 6.10. The van der Waals surface area contributed by atoms with E-state index in [1.165, 1.54) is 6.42 Å². The van der Waals surface area contributed by atoms with Crippen molar-refractivity contribution >= 4 is 39.8 Å². The number of carbonyl (C=O) groups excluding carboxylic acids is 2. The zero-order chi connectivity index (χ0) is 25.1. The Balaban J connectivity index is 1.60.